The van der Waals surface area contributed by atoms with Crippen molar-refractivity contribution in [3.8, 4) is 0 Å². The Morgan fingerprint density at radius 3 is 1.39 bits per heavy atom. The summed E-state index contributed by atoms with van der Waals surface area (Å²) in [6, 6.07) is 10.6. The molecule has 4 rings (SSSR count). The van der Waals surface area contributed by atoms with Crippen LogP contribution >= 0.6 is 0 Å². The van der Waals surface area contributed by atoms with Crippen LogP contribution in [0.5, 0.6) is 0 Å². The fraction of sp³-hybridized carbons (Fsp3) is 0.343. The van der Waals surface area contributed by atoms with E-state index in [-0.39, 0.29) is 0 Å². The zero-order valence-corrected chi connectivity index (χ0v) is 25.2. The van der Waals surface area contributed by atoms with E-state index >= 15 is 0 Å². The van der Waals surface area contributed by atoms with Crippen molar-refractivity contribution in [1.82, 2.24) is 4.98 Å². The van der Waals surface area contributed by atoms with Crippen LogP contribution in [-0.4, -0.2) is 16.4 Å². The molecule has 0 saturated heterocycles. The van der Waals surface area contributed by atoms with E-state index in [1.54, 1.807) is 0 Å². The summed E-state index contributed by atoms with van der Waals surface area (Å²) >= 11 is 0. The summed E-state index contributed by atoms with van der Waals surface area (Å²) < 4.78 is 0. The molecule has 0 aliphatic rings. The Kier molecular flexibility index (Phi) is 7.43. The number of rotatable bonds is 4. The Morgan fingerprint density at radius 1 is 0.526 bits per heavy atom. The molecule has 3 nitrogen and oxygen atoms in total. The lowest BCUT2D eigenvalue weighted by Crippen LogP contribution is -2.08. The van der Waals surface area contributed by atoms with Gasteiger partial charge in [-0.3, -0.25) is 9.98 Å². The van der Waals surface area contributed by atoms with Crippen LogP contribution in [0.1, 0.15) is 80.9 Å². The normalized spacial score (nSPS) is 12.5. The molecule has 0 amide bonds. The molecule has 0 spiro atoms. The van der Waals surface area contributed by atoms with Gasteiger partial charge in [0.1, 0.15) is 0 Å². The van der Waals surface area contributed by atoms with Crippen molar-refractivity contribution in [3.63, 3.8) is 0 Å². The zero-order valence-electron chi connectivity index (χ0n) is 25.2. The monoisotopic (exact) mass is 503 g/mol. The largest absolute Gasteiger partial charge is 0.251 e. The molecule has 0 saturated carbocycles. The number of nitrogens with zero attached hydrogens (tertiary/aromatic N) is 3. The summed E-state index contributed by atoms with van der Waals surface area (Å²) in [5.41, 5.74) is 18.6. The quantitative estimate of drug-likeness (QED) is 0.255. The number of benzene rings is 3. The van der Waals surface area contributed by atoms with Gasteiger partial charge in [-0.2, -0.15) is 0 Å². The molecule has 0 unspecified atom stereocenters. The fourth-order valence-electron chi connectivity index (χ4n) is 5.40. The van der Waals surface area contributed by atoms with E-state index in [2.05, 4.69) is 113 Å². The average Bonchev–Trinajstić information content (AvgIpc) is 2.92. The maximum Gasteiger partial charge on any atom is 0.0928 e. The maximum absolute atomic E-state index is 5.20. The SMILES string of the molecule is C/C(=N\c1c(C)c(C)c(C)c(C)c1C)c1cc2ccccc2c(/C(C)=N/c2c(C)c(C)c(C)c(C)c2C)n1. The van der Waals surface area contributed by atoms with Crippen LogP contribution in [0.15, 0.2) is 40.3 Å². The van der Waals surface area contributed by atoms with Crippen molar-refractivity contribution in [1.29, 1.82) is 0 Å². The van der Waals surface area contributed by atoms with Crippen LogP contribution in [0, 0.1) is 69.2 Å². The number of aromatic nitrogens is 1. The molecule has 4 aromatic rings. The smallest absolute Gasteiger partial charge is 0.0928 e. The van der Waals surface area contributed by atoms with Crippen LogP contribution in [0.3, 0.4) is 0 Å². The topological polar surface area (TPSA) is 37.6 Å². The van der Waals surface area contributed by atoms with Crippen molar-refractivity contribution in [3.05, 3.63) is 97.4 Å². The second-order valence-electron chi connectivity index (χ2n) is 10.9. The third kappa shape index (κ3) is 4.60. The van der Waals surface area contributed by atoms with Gasteiger partial charge in [-0.25, -0.2) is 4.98 Å². The van der Waals surface area contributed by atoms with Gasteiger partial charge in [-0.05, 0) is 150 Å². The molecule has 0 aliphatic heterocycles. The van der Waals surface area contributed by atoms with Gasteiger partial charge in [0.05, 0.1) is 34.2 Å². The van der Waals surface area contributed by atoms with Crippen LogP contribution in [0.25, 0.3) is 10.8 Å². The molecule has 0 radical (unpaired) electrons. The van der Waals surface area contributed by atoms with Crippen molar-refractivity contribution in [2.75, 3.05) is 0 Å². The van der Waals surface area contributed by atoms with Gasteiger partial charge >= 0.3 is 0 Å². The molecule has 1 heterocycles. The van der Waals surface area contributed by atoms with Crippen LogP contribution in [0.4, 0.5) is 11.4 Å². The number of hydrogen-bond donors (Lipinski definition) is 0. The summed E-state index contributed by atoms with van der Waals surface area (Å²) in [5.74, 6) is 0. The molecule has 3 heteroatoms. The van der Waals surface area contributed by atoms with Crippen LogP contribution < -0.4 is 0 Å². The molecule has 1 aromatic heterocycles. The number of fused-ring (bicyclic) bond motifs is 1. The molecule has 0 aliphatic carbocycles. The minimum atomic E-state index is 0.882. The summed E-state index contributed by atoms with van der Waals surface area (Å²) in [7, 11) is 0. The minimum Gasteiger partial charge on any atom is -0.251 e. The van der Waals surface area contributed by atoms with Gasteiger partial charge in [0, 0.05) is 5.39 Å². The van der Waals surface area contributed by atoms with Gasteiger partial charge in [-0.15, -0.1) is 0 Å². The Morgan fingerprint density at radius 2 is 0.921 bits per heavy atom. The van der Waals surface area contributed by atoms with E-state index < -0.39 is 0 Å². The Bertz CT molecular complexity index is 1610. The van der Waals surface area contributed by atoms with Crippen LogP contribution in [-0.2, 0) is 0 Å². The lowest BCUT2D eigenvalue weighted by molar-refractivity contribution is 1.16. The lowest BCUT2D eigenvalue weighted by Gasteiger charge is -2.17. The predicted octanol–water partition coefficient (Wildman–Crippen LogP) is 9.60. The minimum absolute atomic E-state index is 0.882. The fourth-order valence-corrected chi connectivity index (χ4v) is 5.40. The first kappa shape index (κ1) is 27.4. The van der Waals surface area contributed by atoms with E-state index in [1.165, 1.54) is 55.6 Å². The highest BCUT2D eigenvalue weighted by Gasteiger charge is 2.16. The second-order valence-corrected chi connectivity index (χ2v) is 10.9. The summed E-state index contributed by atoms with van der Waals surface area (Å²) in [6.07, 6.45) is 0. The first-order valence-electron chi connectivity index (χ1n) is 13.5. The Labute approximate surface area is 228 Å². The Hall–Kier alpha value is -3.59. The maximum atomic E-state index is 5.20. The zero-order chi connectivity index (χ0) is 28.0. The molecule has 0 N–H and O–H groups in total. The molecule has 196 valence electrons. The lowest BCUT2D eigenvalue weighted by atomic mass is 9.93. The molecule has 0 fully saturated rings. The number of pyridine rings is 1. The standard InChI is InChI=1S/C35H41N3/c1-18-20(3)24(7)33(25(8)21(18)4)36-28(11)32-17-30-15-13-14-16-31(30)35(38-32)29(12)37-34-26(9)22(5)19(2)23(6)27(34)10/h13-17H,1-12H3/b36-28+,37-29+. The molecule has 0 bridgehead atoms. The third-order valence-corrected chi connectivity index (χ3v) is 8.93. The highest BCUT2D eigenvalue weighted by molar-refractivity contribution is 6.11. The van der Waals surface area contributed by atoms with Crippen molar-refractivity contribution in [2.45, 2.75) is 83.1 Å². The van der Waals surface area contributed by atoms with Gasteiger partial charge in [0.2, 0.25) is 0 Å². The first-order chi connectivity index (χ1) is 17.8. The number of aliphatic imine (C=N–C) groups is 2. The molecular formula is C35H41N3. The predicted molar refractivity (Wildman–Crippen MR) is 166 cm³/mol. The highest BCUT2D eigenvalue weighted by Crippen LogP contribution is 2.35. The second kappa shape index (κ2) is 10.3. The van der Waals surface area contributed by atoms with Crippen molar-refractivity contribution < 1.29 is 0 Å². The summed E-state index contributed by atoms with van der Waals surface area (Å²) in [6.45, 7) is 26.0. The van der Waals surface area contributed by atoms with E-state index in [0.29, 0.717) is 0 Å². The molecule has 3 aromatic carbocycles. The van der Waals surface area contributed by atoms with Crippen molar-refractivity contribution >= 4 is 33.6 Å². The van der Waals surface area contributed by atoms with E-state index in [4.69, 9.17) is 15.0 Å². The highest BCUT2D eigenvalue weighted by atomic mass is 14.8. The first-order valence-corrected chi connectivity index (χ1v) is 13.5. The molecule has 0 atom stereocenters. The van der Waals surface area contributed by atoms with Crippen molar-refractivity contribution in [2.24, 2.45) is 9.98 Å². The third-order valence-electron chi connectivity index (χ3n) is 8.93. The Balaban J connectivity index is 1.94. The number of hydrogen-bond acceptors (Lipinski definition) is 3. The molecular weight excluding hydrogens is 462 g/mol. The van der Waals surface area contributed by atoms with Gasteiger partial charge in [0.15, 0.2) is 0 Å². The average molecular weight is 504 g/mol. The van der Waals surface area contributed by atoms with Gasteiger partial charge in [-0.1, -0.05) is 24.3 Å². The van der Waals surface area contributed by atoms with Gasteiger partial charge < -0.3 is 0 Å². The van der Waals surface area contributed by atoms with E-state index in [0.717, 1.165) is 45.0 Å². The summed E-state index contributed by atoms with van der Waals surface area (Å²) in [4.78, 5) is 15.5. The van der Waals surface area contributed by atoms with E-state index in [1.807, 2.05) is 0 Å². The van der Waals surface area contributed by atoms with Gasteiger partial charge in [0.25, 0.3) is 0 Å². The van der Waals surface area contributed by atoms with Crippen LogP contribution in [0.2, 0.25) is 0 Å². The molecule has 38 heavy (non-hydrogen) atoms. The summed E-state index contributed by atoms with van der Waals surface area (Å²) in [5, 5.41) is 2.25. The van der Waals surface area contributed by atoms with E-state index in [9.17, 15) is 0 Å².